The SMILES string of the molecule is O=C(O)c1coc(CNC2CCC2)c1. The summed E-state index contributed by atoms with van der Waals surface area (Å²) < 4.78 is 5.10. The van der Waals surface area contributed by atoms with Gasteiger partial charge in [0.15, 0.2) is 0 Å². The molecule has 1 aromatic rings. The third-order valence-corrected chi connectivity index (χ3v) is 2.57. The van der Waals surface area contributed by atoms with Crippen LogP contribution in [-0.4, -0.2) is 17.1 Å². The maximum atomic E-state index is 10.5. The molecule has 0 amide bonds. The van der Waals surface area contributed by atoms with E-state index in [-0.39, 0.29) is 5.56 Å². The maximum Gasteiger partial charge on any atom is 0.338 e. The van der Waals surface area contributed by atoms with E-state index in [4.69, 9.17) is 9.52 Å². The van der Waals surface area contributed by atoms with E-state index in [9.17, 15) is 4.79 Å². The van der Waals surface area contributed by atoms with Crippen molar-refractivity contribution >= 4 is 5.97 Å². The normalized spacial score (nSPS) is 16.6. The summed E-state index contributed by atoms with van der Waals surface area (Å²) in [6, 6.07) is 2.15. The second-order valence-electron chi connectivity index (χ2n) is 3.62. The molecule has 1 aliphatic rings. The molecule has 0 spiro atoms. The van der Waals surface area contributed by atoms with E-state index in [0.29, 0.717) is 18.3 Å². The highest BCUT2D eigenvalue weighted by molar-refractivity contribution is 5.87. The third kappa shape index (κ3) is 1.96. The number of hydrogen-bond acceptors (Lipinski definition) is 3. The molecule has 1 saturated carbocycles. The van der Waals surface area contributed by atoms with Crippen LogP contribution in [0.15, 0.2) is 16.7 Å². The first kappa shape index (κ1) is 9.27. The summed E-state index contributed by atoms with van der Waals surface area (Å²) in [7, 11) is 0. The number of aromatic carboxylic acids is 1. The average Bonchev–Trinajstić information content (AvgIpc) is 2.50. The van der Waals surface area contributed by atoms with E-state index in [1.807, 2.05) is 0 Å². The molecular formula is C10H13NO3. The molecule has 0 atom stereocenters. The number of hydrogen-bond donors (Lipinski definition) is 2. The second kappa shape index (κ2) is 3.84. The zero-order valence-corrected chi connectivity index (χ0v) is 7.82. The lowest BCUT2D eigenvalue weighted by Crippen LogP contribution is -2.34. The Morgan fingerprint density at radius 3 is 2.93 bits per heavy atom. The van der Waals surface area contributed by atoms with Crippen LogP contribution in [0.5, 0.6) is 0 Å². The molecule has 0 aliphatic heterocycles. The first-order chi connectivity index (χ1) is 6.75. The van der Waals surface area contributed by atoms with Gasteiger partial charge in [0.05, 0.1) is 12.1 Å². The van der Waals surface area contributed by atoms with Crippen LogP contribution in [0.25, 0.3) is 0 Å². The van der Waals surface area contributed by atoms with Gasteiger partial charge >= 0.3 is 5.97 Å². The van der Waals surface area contributed by atoms with Crippen molar-refractivity contribution in [2.45, 2.75) is 31.8 Å². The van der Waals surface area contributed by atoms with Crippen LogP contribution < -0.4 is 5.32 Å². The van der Waals surface area contributed by atoms with Crippen LogP contribution >= 0.6 is 0 Å². The highest BCUT2D eigenvalue weighted by Crippen LogP contribution is 2.18. The first-order valence-corrected chi connectivity index (χ1v) is 4.80. The average molecular weight is 195 g/mol. The summed E-state index contributed by atoms with van der Waals surface area (Å²) in [6.07, 6.45) is 5.00. The Hall–Kier alpha value is -1.29. The molecule has 0 unspecified atom stereocenters. The van der Waals surface area contributed by atoms with Gasteiger partial charge in [-0.1, -0.05) is 6.42 Å². The zero-order valence-electron chi connectivity index (χ0n) is 7.82. The van der Waals surface area contributed by atoms with Crippen LogP contribution in [0.1, 0.15) is 35.4 Å². The van der Waals surface area contributed by atoms with Crippen molar-refractivity contribution in [1.82, 2.24) is 5.32 Å². The summed E-state index contributed by atoms with van der Waals surface area (Å²) in [5, 5.41) is 12.0. The van der Waals surface area contributed by atoms with Gasteiger partial charge in [0.2, 0.25) is 0 Å². The van der Waals surface area contributed by atoms with Gasteiger partial charge in [0.25, 0.3) is 0 Å². The number of carboxylic acid groups (broad SMARTS) is 1. The highest BCUT2D eigenvalue weighted by atomic mass is 16.4. The molecule has 0 radical (unpaired) electrons. The van der Waals surface area contributed by atoms with Crippen LogP contribution in [0.3, 0.4) is 0 Å². The van der Waals surface area contributed by atoms with Crippen LogP contribution in [0.2, 0.25) is 0 Å². The molecule has 4 nitrogen and oxygen atoms in total. The van der Waals surface area contributed by atoms with Crippen LogP contribution in [0, 0.1) is 0 Å². The van der Waals surface area contributed by atoms with Crippen molar-refractivity contribution in [3.8, 4) is 0 Å². The summed E-state index contributed by atoms with van der Waals surface area (Å²) >= 11 is 0. The van der Waals surface area contributed by atoms with Gasteiger partial charge < -0.3 is 14.8 Å². The second-order valence-corrected chi connectivity index (χ2v) is 3.62. The van der Waals surface area contributed by atoms with E-state index in [0.717, 1.165) is 0 Å². The molecule has 1 heterocycles. The minimum Gasteiger partial charge on any atom is -0.478 e. The van der Waals surface area contributed by atoms with Gasteiger partial charge in [-0.2, -0.15) is 0 Å². The lowest BCUT2D eigenvalue weighted by atomic mass is 9.93. The summed E-state index contributed by atoms with van der Waals surface area (Å²) in [6.45, 7) is 0.623. The van der Waals surface area contributed by atoms with Crippen molar-refractivity contribution in [3.05, 3.63) is 23.7 Å². The van der Waals surface area contributed by atoms with E-state index in [1.54, 1.807) is 6.07 Å². The Labute approximate surface area is 81.9 Å². The minimum absolute atomic E-state index is 0.218. The monoisotopic (exact) mass is 195 g/mol. The fourth-order valence-electron chi connectivity index (χ4n) is 1.44. The predicted molar refractivity (Wildman–Crippen MR) is 50.1 cm³/mol. The van der Waals surface area contributed by atoms with E-state index in [1.165, 1.54) is 25.5 Å². The molecule has 0 aromatic carbocycles. The zero-order chi connectivity index (χ0) is 9.97. The molecule has 0 bridgehead atoms. The van der Waals surface area contributed by atoms with Crippen molar-refractivity contribution in [2.75, 3.05) is 0 Å². The largest absolute Gasteiger partial charge is 0.478 e. The number of carboxylic acids is 1. The Bertz CT molecular complexity index is 328. The lowest BCUT2D eigenvalue weighted by Gasteiger charge is -2.25. The fourth-order valence-corrected chi connectivity index (χ4v) is 1.44. The van der Waals surface area contributed by atoms with E-state index >= 15 is 0 Å². The molecule has 76 valence electrons. The fraction of sp³-hybridized carbons (Fsp3) is 0.500. The molecule has 1 aliphatic carbocycles. The summed E-state index contributed by atoms with van der Waals surface area (Å²) in [5.74, 6) is -0.252. The lowest BCUT2D eigenvalue weighted by molar-refractivity contribution is 0.0696. The highest BCUT2D eigenvalue weighted by Gasteiger charge is 2.17. The molecule has 1 fully saturated rings. The summed E-state index contributed by atoms with van der Waals surface area (Å²) in [4.78, 5) is 10.5. The molecule has 14 heavy (non-hydrogen) atoms. The number of furan rings is 1. The first-order valence-electron chi connectivity index (χ1n) is 4.80. The van der Waals surface area contributed by atoms with Crippen LogP contribution in [0.4, 0.5) is 0 Å². The van der Waals surface area contributed by atoms with Crippen molar-refractivity contribution < 1.29 is 14.3 Å². The van der Waals surface area contributed by atoms with Gasteiger partial charge in [0.1, 0.15) is 12.0 Å². The van der Waals surface area contributed by atoms with Crippen LogP contribution in [-0.2, 0) is 6.54 Å². The van der Waals surface area contributed by atoms with Crippen molar-refractivity contribution in [2.24, 2.45) is 0 Å². The van der Waals surface area contributed by atoms with Gasteiger partial charge in [-0.15, -0.1) is 0 Å². The van der Waals surface area contributed by atoms with E-state index < -0.39 is 5.97 Å². The van der Waals surface area contributed by atoms with Gasteiger partial charge in [0, 0.05) is 6.04 Å². The Morgan fingerprint density at radius 1 is 1.64 bits per heavy atom. The molecule has 2 N–H and O–H groups in total. The number of nitrogens with one attached hydrogen (secondary N) is 1. The smallest absolute Gasteiger partial charge is 0.338 e. The predicted octanol–water partition coefficient (Wildman–Crippen LogP) is 1.62. The standard InChI is InChI=1S/C10H13NO3/c12-10(13)7-4-9(14-6-7)5-11-8-2-1-3-8/h4,6,8,11H,1-3,5H2,(H,12,13). The Balaban J connectivity index is 1.86. The summed E-state index contributed by atoms with van der Waals surface area (Å²) in [5.41, 5.74) is 0.218. The Kier molecular flexibility index (Phi) is 2.54. The van der Waals surface area contributed by atoms with Crippen molar-refractivity contribution in [1.29, 1.82) is 0 Å². The Morgan fingerprint density at radius 2 is 2.43 bits per heavy atom. The molecular weight excluding hydrogens is 182 g/mol. The molecule has 2 rings (SSSR count). The maximum absolute atomic E-state index is 10.5. The number of carbonyl (C=O) groups is 1. The van der Waals surface area contributed by atoms with Crippen molar-refractivity contribution in [3.63, 3.8) is 0 Å². The van der Waals surface area contributed by atoms with Gasteiger partial charge in [-0.25, -0.2) is 4.79 Å². The topological polar surface area (TPSA) is 62.5 Å². The number of rotatable bonds is 4. The quantitative estimate of drug-likeness (QED) is 0.766. The molecule has 4 heteroatoms. The van der Waals surface area contributed by atoms with Gasteiger partial charge in [-0.3, -0.25) is 0 Å². The minimum atomic E-state index is -0.941. The van der Waals surface area contributed by atoms with Gasteiger partial charge in [-0.05, 0) is 18.9 Å². The molecule has 1 aromatic heterocycles. The van der Waals surface area contributed by atoms with E-state index in [2.05, 4.69) is 5.32 Å². The third-order valence-electron chi connectivity index (χ3n) is 2.57. The molecule has 0 saturated heterocycles.